The molecule has 4 heteroatoms. The maximum Gasteiger partial charge on any atom is 0.235 e. The molecule has 0 N–H and O–H groups in total. The standard InChI is InChI=1S/C61H37N3O/c1-2-18-38(19-3-1)58-48-26-9-14-33-53(48)62-60(63-58)64(54-37-36-40(39-20-4-5-23-43(39)54)45-27-16-28-46-44-24-10-15-35-56(44)65-59(45)46)55-34-17-32-52-57(55)47-25-8-13-31-51(47)61(52)49-29-11-6-21-41(49)42-22-7-12-30-50(42)61/h1-37H. The fourth-order valence-electron chi connectivity index (χ4n) is 11.3. The number of para-hydroxylation sites is 3. The molecule has 0 bridgehead atoms. The van der Waals surface area contributed by atoms with Crippen LogP contribution in [-0.2, 0) is 5.41 Å². The summed E-state index contributed by atoms with van der Waals surface area (Å²) in [6.45, 7) is 0. The molecule has 2 aromatic heterocycles. The summed E-state index contributed by atoms with van der Waals surface area (Å²) in [5.41, 5.74) is 18.3. The van der Waals surface area contributed by atoms with Crippen LogP contribution in [0.4, 0.5) is 17.3 Å². The molecule has 10 aromatic carbocycles. The molecule has 1 spiro atoms. The van der Waals surface area contributed by atoms with E-state index in [1.807, 2.05) is 6.07 Å². The minimum absolute atomic E-state index is 0.516. The van der Waals surface area contributed by atoms with Gasteiger partial charge in [0.2, 0.25) is 5.95 Å². The summed E-state index contributed by atoms with van der Waals surface area (Å²) in [6, 6.07) is 80.7. The number of fused-ring (bicyclic) bond motifs is 15. The van der Waals surface area contributed by atoms with Gasteiger partial charge >= 0.3 is 0 Å². The van der Waals surface area contributed by atoms with Gasteiger partial charge in [-0.05, 0) is 74.2 Å². The van der Waals surface area contributed by atoms with Crippen LogP contribution in [0.25, 0.3) is 88.3 Å². The van der Waals surface area contributed by atoms with Crippen molar-refractivity contribution in [2.75, 3.05) is 4.90 Å². The predicted octanol–water partition coefficient (Wildman–Crippen LogP) is 15.8. The van der Waals surface area contributed by atoms with E-state index in [2.05, 4.69) is 223 Å². The van der Waals surface area contributed by atoms with Crippen LogP contribution in [0.2, 0.25) is 0 Å². The van der Waals surface area contributed by atoms with Crippen LogP contribution in [0.3, 0.4) is 0 Å². The zero-order valence-electron chi connectivity index (χ0n) is 35.1. The van der Waals surface area contributed by atoms with Crippen LogP contribution >= 0.6 is 0 Å². The molecule has 14 rings (SSSR count). The van der Waals surface area contributed by atoms with E-state index in [-0.39, 0.29) is 0 Å². The molecular formula is C61H37N3O. The number of aromatic nitrogens is 2. The van der Waals surface area contributed by atoms with Crippen molar-refractivity contribution >= 4 is 60.9 Å². The molecule has 0 unspecified atom stereocenters. The Morgan fingerprint density at radius 2 is 0.923 bits per heavy atom. The van der Waals surface area contributed by atoms with Crippen molar-refractivity contribution < 1.29 is 4.42 Å². The smallest absolute Gasteiger partial charge is 0.235 e. The van der Waals surface area contributed by atoms with Crippen molar-refractivity contribution in [3.05, 3.63) is 247 Å². The number of benzene rings is 10. The highest BCUT2D eigenvalue weighted by Gasteiger charge is 2.52. The summed E-state index contributed by atoms with van der Waals surface area (Å²) in [6.07, 6.45) is 0. The van der Waals surface area contributed by atoms with Crippen molar-refractivity contribution in [1.82, 2.24) is 9.97 Å². The summed E-state index contributed by atoms with van der Waals surface area (Å²) >= 11 is 0. The molecule has 0 saturated carbocycles. The quantitative estimate of drug-likeness (QED) is 0.173. The molecule has 2 aliphatic rings. The van der Waals surface area contributed by atoms with E-state index in [0.29, 0.717) is 5.95 Å². The summed E-state index contributed by atoms with van der Waals surface area (Å²) < 4.78 is 6.65. The highest BCUT2D eigenvalue weighted by Crippen LogP contribution is 2.64. The maximum atomic E-state index is 6.65. The molecule has 2 heterocycles. The highest BCUT2D eigenvalue weighted by atomic mass is 16.3. The molecule has 302 valence electrons. The molecule has 2 aliphatic carbocycles. The van der Waals surface area contributed by atoms with Crippen molar-refractivity contribution in [1.29, 1.82) is 0 Å². The van der Waals surface area contributed by atoms with Gasteiger partial charge in [-0.1, -0.05) is 200 Å². The molecule has 0 saturated heterocycles. The highest BCUT2D eigenvalue weighted by molar-refractivity contribution is 6.14. The first-order valence-corrected chi connectivity index (χ1v) is 22.2. The van der Waals surface area contributed by atoms with Crippen LogP contribution in [0.15, 0.2) is 229 Å². The third-order valence-electron chi connectivity index (χ3n) is 13.9. The monoisotopic (exact) mass is 827 g/mol. The van der Waals surface area contributed by atoms with E-state index in [1.54, 1.807) is 0 Å². The lowest BCUT2D eigenvalue weighted by atomic mass is 9.70. The van der Waals surface area contributed by atoms with E-state index in [4.69, 9.17) is 14.4 Å². The first-order valence-electron chi connectivity index (χ1n) is 22.2. The number of hydrogen-bond acceptors (Lipinski definition) is 4. The Balaban J connectivity index is 1.09. The van der Waals surface area contributed by atoms with Crippen molar-refractivity contribution in [2.45, 2.75) is 5.41 Å². The second-order valence-electron chi connectivity index (χ2n) is 17.1. The number of anilines is 3. The van der Waals surface area contributed by atoms with Crippen LogP contribution in [-0.4, -0.2) is 9.97 Å². The van der Waals surface area contributed by atoms with E-state index >= 15 is 0 Å². The Bertz CT molecular complexity index is 3880. The Morgan fingerprint density at radius 3 is 1.71 bits per heavy atom. The molecule has 65 heavy (non-hydrogen) atoms. The minimum atomic E-state index is -0.516. The molecular weight excluding hydrogens is 791 g/mol. The first kappa shape index (κ1) is 35.9. The molecule has 0 amide bonds. The van der Waals surface area contributed by atoms with Crippen molar-refractivity contribution in [3.63, 3.8) is 0 Å². The van der Waals surface area contributed by atoms with Crippen LogP contribution in [0.1, 0.15) is 22.3 Å². The average molecular weight is 828 g/mol. The lowest BCUT2D eigenvalue weighted by molar-refractivity contribution is 0.670. The van der Waals surface area contributed by atoms with Crippen molar-refractivity contribution in [2.24, 2.45) is 0 Å². The van der Waals surface area contributed by atoms with Crippen LogP contribution in [0.5, 0.6) is 0 Å². The van der Waals surface area contributed by atoms with Gasteiger partial charge in [0.1, 0.15) is 11.2 Å². The van der Waals surface area contributed by atoms with Gasteiger partial charge in [0.25, 0.3) is 0 Å². The van der Waals surface area contributed by atoms with Gasteiger partial charge in [-0.25, -0.2) is 9.97 Å². The summed E-state index contributed by atoms with van der Waals surface area (Å²) in [5, 5.41) is 5.40. The Labute approximate surface area is 375 Å². The largest absolute Gasteiger partial charge is 0.455 e. The second kappa shape index (κ2) is 13.7. The number of rotatable bonds is 5. The van der Waals surface area contributed by atoms with E-state index in [0.717, 1.165) is 77.4 Å². The first-order chi connectivity index (χ1) is 32.3. The normalized spacial score (nSPS) is 13.0. The van der Waals surface area contributed by atoms with Gasteiger partial charge in [0.05, 0.1) is 28.0 Å². The van der Waals surface area contributed by atoms with Crippen LogP contribution < -0.4 is 4.90 Å². The summed E-state index contributed by atoms with van der Waals surface area (Å²) in [4.78, 5) is 13.5. The Kier molecular flexibility index (Phi) is 7.57. The summed E-state index contributed by atoms with van der Waals surface area (Å²) in [7, 11) is 0. The molecule has 4 nitrogen and oxygen atoms in total. The van der Waals surface area contributed by atoms with Gasteiger partial charge in [0.15, 0.2) is 0 Å². The number of nitrogens with zero attached hydrogens (tertiary/aromatic N) is 3. The Hall–Kier alpha value is -8.60. The number of furan rings is 1. The van der Waals surface area contributed by atoms with E-state index in [9.17, 15) is 0 Å². The number of hydrogen-bond donors (Lipinski definition) is 0. The minimum Gasteiger partial charge on any atom is -0.455 e. The van der Waals surface area contributed by atoms with Gasteiger partial charge in [0, 0.05) is 38.2 Å². The fourth-order valence-corrected chi connectivity index (χ4v) is 11.3. The molecule has 12 aromatic rings. The van der Waals surface area contributed by atoms with Crippen LogP contribution in [0, 0.1) is 0 Å². The van der Waals surface area contributed by atoms with Gasteiger partial charge < -0.3 is 4.42 Å². The van der Waals surface area contributed by atoms with Gasteiger partial charge in [-0.2, -0.15) is 0 Å². The van der Waals surface area contributed by atoms with Gasteiger partial charge in [-0.15, -0.1) is 0 Å². The zero-order chi connectivity index (χ0) is 42.6. The fraction of sp³-hybridized carbons (Fsp3) is 0.0164. The molecule has 0 radical (unpaired) electrons. The molecule has 0 atom stereocenters. The van der Waals surface area contributed by atoms with Crippen molar-refractivity contribution in [3.8, 4) is 44.6 Å². The molecule has 0 fully saturated rings. The SMILES string of the molecule is c1ccc(-c2nc(N(c3cccc4c3-c3ccccc3C43c4ccccc4-c4ccccc43)c3ccc(-c4cccc5c4oc4ccccc45)c4ccccc34)nc3ccccc23)cc1. The molecule has 0 aliphatic heterocycles. The third-order valence-corrected chi connectivity index (χ3v) is 13.9. The summed E-state index contributed by atoms with van der Waals surface area (Å²) in [5.74, 6) is 0.596. The predicted molar refractivity (Wildman–Crippen MR) is 266 cm³/mol. The lowest BCUT2D eigenvalue weighted by Gasteiger charge is -2.31. The van der Waals surface area contributed by atoms with Gasteiger partial charge in [-0.3, -0.25) is 4.90 Å². The topological polar surface area (TPSA) is 42.2 Å². The second-order valence-corrected chi connectivity index (χ2v) is 17.1. The maximum absolute atomic E-state index is 6.65. The zero-order valence-corrected chi connectivity index (χ0v) is 35.1. The Morgan fingerprint density at radius 1 is 0.354 bits per heavy atom. The third kappa shape index (κ3) is 4.96. The van der Waals surface area contributed by atoms with E-state index < -0.39 is 5.41 Å². The lowest BCUT2D eigenvalue weighted by Crippen LogP contribution is -2.26. The average Bonchev–Trinajstić information content (AvgIpc) is 4.01. The van der Waals surface area contributed by atoms with E-state index in [1.165, 1.54) is 44.5 Å².